The van der Waals surface area contributed by atoms with Gasteiger partial charge in [0.15, 0.2) is 5.65 Å². The number of rotatable bonds is 4. The van der Waals surface area contributed by atoms with Gasteiger partial charge in [-0.3, -0.25) is 14.8 Å². The van der Waals surface area contributed by atoms with E-state index in [9.17, 15) is 9.59 Å². The van der Waals surface area contributed by atoms with Gasteiger partial charge < -0.3 is 10.3 Å². The summed E-state index contributed by atoms with van der Waals surface area (Å²) in [6.45, 7) is 0.673. The number of nitrogens with zero attached hydrogens (tertiary/aromatic N) is 1. The first-order chi connectivity index (χ1) is 9.72. The number of H-pyrrole nitrogens is 3. The van der Waals surface area contributed by atoms with E-state index in [-0.39, 0.29) is 5.65 Å². The second-order valence-corrected chi connectivity index (χ2v) is 4.36. The molecule has 1 aromatic carbocycles. The van der Waals surface area contributed by atoms with E-state index in [1.807, 2.05) is 30.3 Å². The van der Waals surface area contributed by atoms with Crippen LogP contribution < -0.4 is 16.6 Å². The van der Waals surface area contributed by atoms with Crippen LogP contribution in [0.25, 0.3) is 11.2 Å². The average molecular weight is 271 g/mol. The average Bonchev–Trinajstić information content (AvgIpc) is 2.83. The first-order valence-corrected chi connectivity index (χ1v) is 6.22. The molecule has 0 radical (unpaired) electrons. The Labute approximate surface area is 113 Å². The zero-order valence-electron chi connectivity index (χ0n) is 10.6. The Hall–Kier alpha value is -2.83. The summed E-state index contributed by atoms with van der Waals surface area (Å²) < 4.78 is 0. The van der Waals surface area contributed by atoms with Crippen LogP contribution in [0, 0.1) is 0 Å². The maximum absolute atomic E-state index is 11.5. The Balaban J connectivity index is 1.74. The molecule has 0 fully saturated rings. The molecule has 3 aromatic rings. The Morgan fingerprint density at radius 3 is 2.65 bits per heavy atom. The molecule has 0 amide bonds. The Kier molecular flexibility index (Phi) is 3.08. The van der Waals surface area contributed by atoms with Crippen molar-refractivity contribution in [3.8, 4) is 0 Å². The Morgan fingerprint density at radius 1 is 1.05 bits per heavy atom. The van der Waals surface area contributed by atoms with Gasteiger partial charge in [0.1, 0.15) is 11.3 Å². The summed E-state index contributed by atoms with van der Waals surface area (Å²) >= 11 is 0. The van der Waals surface area contributed by atoms with Crippen molar-refractivity contribution in [2.24, 2.45) is 0 Å². The van der Waals surface area contributed by atoms with Crippen LogP contribution in [0.5, 0.6) is 0 Å². The fourth-order valence-corrected chi connectivity index (χ4v) is 1.98. The third-order valence-corrected chi connectivity index (χ3v) is 2.90. The topological polar surface area (TPSA) is 106 Å². The van der Waals surface area contributed by atoms with Crippen molar-refractivity contribution in [2.45, 2.75) is 6.42 Å². The number of anilines is 1. The van der Waals surface area contributed by atoms with E-state index in [1.165, 1.54) is 0 Å². The van der Waals surface area contributed by atoms with Crippen molar-refractivity contribution in [1.29, 1.82) is 0 Å². The van der Waals surface area contributed by atoms with Crippen molar-refractivity contribution in [1.82, 2.24) is 19.9 Å². The molecule has 0 aliphatic rings. The van der Waals surface area contributed by atoms with Crippen molar-refractivity contribution in [2.75, 3.05) is 11.9 Å². The van der Waals surface area contributed by atoms with Crippen LogP contribution in [-0.4, -0.2) is 26.5 Å². The van der Waals surface area contributed by atoms with E-state index in [2.05, 4.69) is 25.3 Å². The van der Waals surface area contributed by atoms with Crippen molar-refractivity contribution < 1.29 is 0 Å². The van der Waals surface area contributed by atoms with Crippen LogP contribution >= 0.6 is 0 Å². The molecular formula is C13H13N5O2. The quantitative estimate of drug-likeness (QED) is 0.557. The minimum Gasteiger partial charge on any atom is -0.385 e. The van der Waals surface area contributed by atoms with Gasteiger partial charge in [0.05, 0.1) is 0 Å². The third-order valence-electron chi connectivity index (χ3n) is 2.90. The third kappa shape index (κ3) is 2.46. The van der Waals surface area contributed by atoms with E-state index >= 15 is 0 Å². The lowest BCUT2D eigenvalue weighted by atomic mass is 10.3. The molecule has 3 rings (SSSR count). The Morgan fingerprint density at radius 2 is 1.85 bits per heavy atom. The highest BCUT2D eigenvalue weighted by atomic mass is 16.2. The smallest absolute Gasteiger partial charge is 0.327 e. The molecule has 0 unspecified atom stereocenters. The van der Waals surface area contributed by atoms with Crippen molar-refractivity contribution >= 4 is 16.9 Å². The maximum Gasteiger partial charge on any atom is 0.327 e. The van der Waals surface area contributed by atoms with E-state index in [4.69, 9.17) is 0 Å². The minimum absolute atomic E-state index is 0.286. The fourth-order valence-electron chi connectivity index (χ4n) is 1.98. The highest BCUT2D eigenvalue weighted by Crippen LogP contribution is 2.06. The standard InChI is InChI=1S/C13H13N5O2/c19-12-10-11(17-13(20)18-12)16-9(15-10)6-7-14-8-4-2-1-3-5-8/h1-5,14H,6-7H2,(H3,15,16,17,18,19,20). The summed E-state index contributed by atoms with van der Waals surface area (Å²) in [5.74, 6) is 0.649. The summed E-state index contributed by atoms with van der Waals surface area (Å²) in [6.07, 6.45) is 0.616. The number of fused-ring (bicyclic) bond motifs is 1. The number of imidazole rings is 1. The number of aromatic nitrogens is 4. The molecule has 0 aliphatic heterocycles. The highest BCUT2D eigenvalue weighted by molar-refractivity contribution is 5.68. The van der Waals surface area contributed by atoms with Crippen LogP contribution in [0.2, 0.25) is 0 Å². The van der Waals surface area contributed by atoms with E-state index < -0.39 is 11.2 Å². The van der Waals surface area contributed by atoms with Gasteiger partial charge in [-0.2, -0.15) is 0 Å². The molecule has 2 aromatic heterocycles. The molecule has 0 saturated carbocycles. The lowest BCUT2D eigenvalue weighted by molar-refractivity contribution is 0.932. The summed E-state index contributed by atoms with van der Waals surface area (Å²) in [5, 5.41) is 3.25. The molecule has 7 heteroatoms. The van der Waals surface area contributed by atoms with E-state index in [0.717, 1.165) is 5.69 Å². The molecule has 0 aliphatic carbocycles. The lowest BCUT2D eigenvalue weighted by Crippen LogP contribution is -2.21. The largest absolute Gasteiger partial charge is 0.385 e. The van der Waals surface area contributed by atoms with Gasteiger partial charge in [0.2, 0.25) is 0 Å². The summed E-state index contributed by atoms with van der Waals surface area (Å²) in [5.41, 5.74) is 0.587. The molecule has 4 N–H and O–H groups in total. The van der Waals surface area contributed by atoms with E-state index in [0.29, 0.717) is 24.3 Å². The van der Waals surface area contributed by atoms with Crippen molar-refractivity contribution in [3.05, 3.63) is 57.0 Å². The second kappa shape index (κ2) is 5.04. The van der Waals surface area contributed by atoms with Crippen LogP contribution in [-0.2, 0) is 6.42 Å². The summed E-state index contributed by atoms with van der Waals surface area (Å²) in [6, 6.07) is 9.80. The van der Waals surface area contributed by atoms with E-state index in [1.54, 1.807) is 0 Å². The molecule has 20 heavy (non-hydrogen) atoms. The summed E-state index contributed by atoms with van der Waals surface area (Å²) in [4.78, 5) is 34.4. The molecule has 0 bridgehead atoms. The van der Waals surface area contributed by atoms with Crippen LogP contribution in [0.1, 0.15) is 5.82 Å². The van der Waals surface area contributed by atoms with Gasteiger partial charge >= 0.3 is 5.69 Å². The normalized spacial score (nSPS) is 10.8. The minimum atomic E-state index is -0.553. The molecule has 7 nitrogen and oxygen atoms in total. The second-order valence-electron chi connectivity index (χ2n) is 4.36. The maximum atomic E-state index is 11.5. The number of aromatic amines is 3. The van der Waals surface area contributed by atoms with Gasteiger partial charge in [-0.15, -0.1) is 0 Å². The molecule has 102 valence electrons. The zero-order valence-corrected chi connectivity index (χ0v) is 10.6. The molecular weight excluding hydrogens is 258 g/mol. The molecule has 0 atom stereocenters. The van der Waals surface area contributed by atoms with Gasteiger partial charge in [-0.1, -0.05) is 18.2 Å². The number of para-hydroxylation sites is 1. The molecule has 2 heterocycles. The first-order valence-electron chi connectivity index (χ1n) is 6.22. The van der Waals surface area contributed by atoms with Gasteiger partial charge in [0.25, 0.3) is 5.56 Å². The number of hydrogen-bond acceptors (Lipinski definition) is 4. The molecule has 0 spiro atoms. The fraction of sp³-hybridized carbons (Fsp3) is 0.154. The molecule has 0 saturated heterocycles. The lowest BCUT2D eigenvalue weighted by Gasteiger charge is -2.03. The van der Waals surface area contributed by atoms with Gasteiger partial charge in [0, 0.05) is 18.7 Å². The van der Waals surface area contributed by atoms with Crippen LogP contribution in [0.3, 0.4) is 0 Å². The predicted molar refractivity (Wildman–Crippen MR) is 76.0 cm³/mol. The number of hydrogen-bond donors (Lipinski definition) is 4. The Bertz CT molecular complexity index is 831. The predicted octanol–water partition coefficient (Wildman–Crippen LogP) is 0.594. The van der Waals surface area contributed by atoms with Gasteiger partial charge in [-0.05, 0) is 12.1 Å². The summed E-state index contributed by atoms with van der Waals surface area (Å²) in [7, 11) is 0. The zero-order chi connectivity index (χ0) is 13.9. The van der Waals surface area contributed by atoms with Crippen molar-refractivity contribution in [3.63, 3.8) is 0 Å². The van der Waals surface area contributed by atoms with Crippen LogP contribution in [0.4, 0.5) is 5.69 Å². The SMILES string of the molecule is O=c1[nH]c(=O)c2[nH]c(CCNc3ccccc3)nc2[nH]1. The highest BCUT2D eigenvalue weighted by Gasteiger charge is 2.07. The first kappa shape index (κ1) is 12.2. The number of benzene rings is 1. The van der Waals surface area contributed by atoms with Crippen LogP contribution in [0.15, 0.2) is 39.9 Å². The number of nitrogens with one attached hydrogen (secondary N) is 4. The van der Waals surface area contributed by atoms with Gasteiger partial charge in [-0.25, -0.2) is 9.78 Å². The monoisotopic (exact) mass is 271 g/mol.